The molecule has 0 unspecified atom stereocenters. The molecule has 0 saturated carbocycles. The minimum atomic E-state index is 1.31. The Morgan fingerprint density at radius 1 is 1.43 bits per heavy atom. The van der Waals surface area contributed by atoms with Crippen molar-refractivity contribution in [2.45, 2.75) is 29.0 Å². The Morgan fingerprint density at radius 3 is 1.86 bits per heavy atom. The third kappa shape index (κ3) is 18.4. The summed E-state index contributed by atoms with van der Waals surface area (Å²) in [7, 11) is 0. The Kier molecular flexibility index (Phi) is 25.5. The first-order valence-electron chi connectivity index (χ1n) is 3.41. The van der Waals surface area contributed by atoms with Gasteiger partial charge in [0.2, 0.25) is 0 Å². The molecule has 0 saturated heterocycles. The van der Waals surface area contributed by atoms with Gasteiger partial charge in [-0.05, 0) is 0 Å². The molecule has 0 atom stereocenters. The zero-order valence-electron chi connectivity index (χ0n) is 6.12. The fourth-order valence-electron chi connectivity index (χ4n) is 0.354. The Bertz CT molecular complexity index is 15.6. The molecule has 0 heterocycles. The van der Waals surface area contributed by atoms with E-state index in [0.29, 0.717) is 0 Å². The fourth-order valence-corrected chi connectivity index (χ4v) is 0.354. The molecule has 0 bridgehead atoms. The second kappa shape index (κ2) is 15.6. The fraction of sp³-hybridized carbons (Fsp3) is 1.00. The van der Waals surface area contributed by atoms with Gasteiger partial charge in [-0.2, -0.15) is 0 Å². The summed E-state index contributed by atoms with van der Waals surface area (Å²) in [6, 6.07) is 0. The molecule has 0 spiro atoms. The van der Waals surface area contributed by atoms with Crippen molar-refractivity contribution >= 4 is 45.6 Å². The van der Waals surface area contributed by atoms with Crippen LogP contribution in [0.4, 0.5) is 0 Å². The van der Waals surface area contributed by atoms with Crippen molar-refractivity contribution in [1.82, 2.24) is 0 Å². The molecule has 34 valence electrons. The Hall–Kier alpha value is 1.60. The number of rotatable bonds is 2. The average molecular weight is 102 g/mol. The Morgan fingerprint density at radius 2 is 1.86 bits per heavy atom. The van der Waals surface area contributed by atoms with E-state index in [2.05, 4.69) is 28.8 Å². The summed E-state index contributed by atoms with van der Waals surface area (Å²) < 4.78 is 2.14. The molecule has 0 radical (unpaired) electrons. The second-order valence-corrected chi connectivity index (χ2v) is 1.35. The van der Waals surface area contributed by atoms with E-state index in [0.717, 1.165) is 0 Å². The van der Waals surface area contributed by atoms with E-state index >= 15 is 0 Å². The molecule has 0 aromatic carbocycles. The third-order valence-corrected chi connectivity index (χ3v) is 0.707. The first-order valence-corrected chi connectivity index (χ1v) is 5.41. The first-order chi connectivity index (χ1) is 3.41. The zero-order valence-corrected chi connectivity index (χ0v) is 8.12. The van der Waals surface area contributed by atoms with Crippen LogP contribution in [0.15, 0.2) is 0 Å². The van der Waals surface area contributed by atoms with Gasteiger partial charge in [0.25, 0.3) is 0 Å². The van der Waals surface area contributed by atoms with Gasteiger partial charge < -0.3 is 0 Å². The van der Waals surface area contributed by atoms with Gasteiger partial charge >= 0.3 is 74.7 Å². The first kappa shape index (κ1) is 11.4. The van der Waals surface area contributed by atoms with Gasteiger partial charge in [0, 0.05) is 0 Å². The monoisotopic (exact) mass is 102 g/mol. The van der Waals surface area contributed by atoms with Crippen LogP contribution in [0.1, 0.15) is 19.8 Å². The molecule has 2 heteroatoms. The van der Waals surface area contributed by atoms with Crippen molar-refractivity contribution in [1.29, 1.82) is 0 Å². The van der Waals surface area contributed by atoms with Crippen LogP contribution in [0.25, 0.3) is 0 Å². The molecule has 0 aromatic heterocycles. The van der Waals surface area contributed by atoms with E-state index in [1.165, 1.54) is 45.9 Å². The molecular weight excluding hydrogens is 90.0 g/mol. The van der Waals surface area contributed by atoms with Gasteiger partial charge in [0.15, 0.2) is 0 Å². The summed E-state index contributed by atoms with van der Waals surface area (Å²) in [5.41, 5.74) is 0. The van der Waals surface area contributed by atoms with Crippen molar-refractivity contribution in [2.75, 3.05) is 0 Å². The van der Waals surface area contributed by atoms with Crippen LogP contribution in [-0.2, 0) is 0 Å². The van der Waals surface area contributed by atoms with Crippen molar-refractivity contribution in [2.24, 2.45) is 0 Å². The molecule has 0 nitrogen and oxygen atoms in total. The van der Waals surface area contributed by atoms with Crippen LogP contribution >= 0.6 is 0 Å². The quantitative estimate of drug-likeness (QED) is 0.464. The molecule has 0 rings (SSSR count). The SMILES string of the molecule is [CH3][Na].[Li][CH2]CCC. The van der Waals surface area contributed by atoms with E-state index < -0.39 is 0 Å². The molecule has 0 aliphatic carbocycles. The standard InChI is InChI=1S/C4H9.CH3.Li.Na/c1-3-4-2;;;/h1,3-4H2,2H3;1H3;;. The van der Waals surface area contributed by atoms with Crippen LogP contribution in [-0.4, -0.2) is 45.6 Å². The summed E-state index contributed by atoms with van der Waals surface area (Å²) in [6.07, 6.45) is 2.73. The maximum atomic E-state index is 2.21. The van der Waals surface area contributed by atoms with E-state index in [-0.39, 0.29) is 0 Å². The summed E-state index contributed by atoms with van der Waals surface area (Å²) in [5, 5.41) is 1.34. The van der Waals surface area contributed by atoms with E-state index in [1.54, 1.807) is 0 Å². The number of hydrogen-bond donors (Lipinski definition) is 0. The van der Waals surface area contributed by atoms with Gasteiger partial charge in [0.05, 0.1) is 0 Å². The van der Waals surface area contributed by atoms with Gasteiger partial charge in [-0.25, -0.2) is 0 Å². The normalized spacial score (nSPS) is 7.14. The molecule has 0 N–H and O–H groups in total. The van der Waals surface area contributed by atoms with Crippen LogP contribution < -0.4 is 0 Å². The Balaban J connectivity index is 0. The summed E-state index contributed by atoms with van der Waals surface area (Å²) in [4.78, 5) is 0. The van der Waals surface area contributed by atoms with Gasteiger partial charge in [-0.15, -0.1) is 0 Å². The van der Waals surface area contributed by atoms with Gasteiger partial charge in [0.1, 0.15) is 0 Å². The average Bonchev–Trinajstić information content (AvgIpc) is 1.75. The summed E-state index contributed by atoms with van der Waals surface area (Å²) in [6.45, 7) is 2.21. The summed E-state index contributed by atoms with van der Waals surface area (Å²) in [5.74, 6) is 0. The van der Waals surface area contributed by atoms with Crippen molar-refractivity contribution < 1.29 is 0 Å². The van der Waals surface area contributed by atoms with Crippen molar-refractivity contribution in [3.8, 4) is 0 Å². The molecule has 0 aromatic rings. The van der Waals surface area contributed by atoms with Crippen LogP contribution in [0, 0.1) is 0 Å². The molecule has 0 fully saturated rings. The maximum absolute atomic E-state index is 2.21. The number of hydrogen-bond acceptors (Lipinski definition) is 0. The predicted molar refractivity (Wildman–Crippen MR) is 37.1 cm³/mol. The van der Waals surface area contributed by atoms with Gasteiger partial charge in [-0.3, -0.25) is 0 Å². The number of unbranched alkanes of at least 4 members (excludes halogenated alkanes) is 1. The van der Waals surface area contributed by atoms with Crippen LogP contribution in [0.5, 0.6) is 0 Å². The topological polar surface area (TPSA) is 0 Å². The molecule has 0 amide bonds. The van der Waals surface area contributed by atoms with Crippen molar-refractivity contribution in [3.05, 3.63) is 0 Å². The third-order valence-electron chi connectivity index (χ3n) is 0.707. The predicted octanol–water partition coefficient (Wildman–Crippen LogP) is 1.58. The van der Waals surface area contributed by atoms with Gasteiger partial charge in [-0.1, -0.05) is 0 Å². The molecule has 0 aliphatic heterocycles. The Labute approximate surface area is 74.1 Å². The molecular formula is C5H12LiNa. The van der Waals surface area contributed by atoms with E-state index in [9.17, 15) is 0 Å². The minimum absolute atomic E-state index is 1.31. The summed E-state index contributed by atoms with van der Waals surface area (Å²) >= 11 is 3.52. The van der Waals surface area contributed by atoms with E-state index in [4.69, 9.17) is 0 Å². The van der Waals surface area contributed by atoms with Crippen LogP contribution in [0.2, 0.25) is 9.27 Å². The van der Waals surface area contributed by atoms with Crippen molar-refractivity contribution in [3.63, 3.8) is 0 Å². The van der Waals surface area contributed by atoms with E-state index in [1.807, 2.05) is 0 Å². The zero-order chi connectivity index (χ0) is 6.12. The molecule has 0 aliphatic rings. The second-order valence-electron chi connectivity index (χ2n) is 1.35. The van der Waals surface area contributed by atoms with Crippen LogP contribution in [0.3, 0.4) is 0 Å². The molecule has 7 heavy (non-hydrogen) atoms.